The number of H-pyrrole nitrogens is 1. The molecule has 1 amide bonds. The van der Waals surface area contributed by atoms with Gasteiger partial charge in [0.25, 0.3) is 0 Å². The summed E-state index contributed by atoms with van der Waals surface area (Å²) in [6, 6.07) is 0. The summed E-state index contributed by atoms with van der Waals surface area (Å²) in [5.74, 6) is 2.07. The maximum atomic E-state index is 12.2. The van der Waals surface area contributed by atoms with Gasteiger partial charge in [0, 0.05) is 36.0 Å². The first-order valence-corrected chi connectivity index (χ1v) is 7.66. The van der Waals surface area contributed by atoms with Gasteiger partial charge in [-0.15, -0.1) is 0 Å². The maximum Gasteiger partial charge on any atom is 0.230 e. The van der Waals surface area contributed by atoms with Crippen LogP contribution in [-0.2, 0) is 11.2 Å². The molecular formula is C13H19N3OS. The van der Waals surface area contributed by atoms with E-state index in [-0.39, 0.29) is 5.91 Å². The van der Waals surface area contributed by atoms with E-state index in [0.717, 1.165) is 24.7 Å². The molecule has 98 valence electrons. The van der Waals surface area contributed by atoms with Gasteiger partial charge in [-0.3, -0.25) is 4.79 Å². The van der Waals surface area contributed by atoms with E-state index in [2.05, 4.69) is 21.7 Å². The lowest BCUT2D eigenvalue weighted by Gasteiger charge is -2.40. The molecule has 0 unspecified atom stereocenters. The Hall–Kier alpha value is -0.970. The van der Waals surface area contributed by atoms with E-state index in [9.17, 15) is 4.79 Å². The van der Waals surface area contributed by atoms with Crippen LogP contribution in [0.5, 0.6) is 0 Å². The molecule has 0 atom stereocenters. The molecule has 0 aromatic carbocycles. The van der Waals surface area contributed by atoms with Gasteiger partial charge in [-0.1, -0.05) is 6.42 Å². The van der Waals surface area contributed by atoms with Crippen molar-refractivity contribution in [1.29, 1.82) is 0 Å². The molecule has 4 nitrogen and oxygen atoms in total. The first-order chi connectivity index (χ1) is 8.77. The van der Waals surface area contributed by atoms with Crippen LogP contribution in [0.3, 0.4) is 0 Å². The van der Waals surface area contributed by atoms with Crippen molar-refractivity contribution < 1.29 is 4.79 Å². The van der Waals surface area contributed by atoms with Crippen LogP contribution in [0.4, 0.5) is 0 Å². The van der Waals surface area contributed by atoms with Gasteiger partial charge < -0.3 is 9.88 Å². The smallest absolute Gasteiger partial charge is 0.230 e. The lowest BCUT2D eigenvalue weighted by molar-refractivity contribution is -0.130. The molecule has 2 heterocycles. The lowest BCUT2D eigenvalue weighted by Crippen LogP contribution is -2.37. The fourth-order valence-electron chi connectivity index (χ4n) is 2.76. The standard InChI is InChI=1S/C13H19N3OS/c17-12(10-11-14-5-6-15-11)16-7-4-13(2-1-3-13)18-9-8-16/h5-6H,1-4,7-10H2,(H,14,15). The van der Waals surface area contributed by atoms with Crippen molar-refractivity contribution in [3.8, 4) is 0 Å². The van der Waals surface area contributed by atoms with E-state index < -0.39 is 0 Å². The Labute approximate surface area is 112 Å². The van der Waals surface area contributed by atoms with Crippen LogP contribution in [0.2, 0.25) is 0 Å². The molecule has 1 aliphatic carbocycles. The Morgan fingerprint density at radius 1 is 1.44 bits per heavy atom. The first kappa shape index (κ1) is 12.1. The van der Waals surface area contributed by atoms with Crippen molar-refractivity contribution >= 4 is 17.7 Å². The zero-order valence-corrected chi connectivity index (χ0v) is 11.3. The summed E-state index contributed by atoms with van der Waals surface area (Å²) in [7, 11) is 0. The van der Waals surface area contributed by atoms with Gasteiger partial charge in [-0.2, -0.15) is 11.8 Å². The minimum absolute atomic E-state index is 0.210. The van der Waals surface area contributed by atoms with Crippen LogP contribution in [0.25, 0.3) is 0 Å². The van der Waals surface area contributed by atoms with Gasteiger partial charge in [0.1, 0.15) is 5.82 Å². The normalized spacial score (nSPS) is 22.6. The van der Waals surface area contributed by atoms with Crippen molar-refractivity contribution in [3.05, 3.63) is 18.2 Å². The lowest BCUT2D eigenvalue weighted by atomic mass is 9.81. The number of aromatic amines is 1. The number of imidazole rings is 1. The highest BCUT2D eigenvalue weighted by atomic mass is 32.2. The summed E-state index contributed by atoms with van der Waals surface area (Å²) in [5.41, 5.74) is 0. The molecule has 1 spiro atoms. The largest absolute Gasteiger partial charge is 0.348 e. The number of hydrogen-bond donors (Lipinski definition) is 1. The van der Waals surface area contributed by atoms with E-state index in [0.29, 0.717) is 11.2 Å². The Morgan fingerprint density at radius 3 is 3.00 bits per heavy atom. The summed E-state index contributed by atoms with van der Waals surface area (Å²) in [4.78, 5) is 21.3. The number of amides is 1. The average molecular weight is 265 g/mol. The summed E-state index contributed by atoms with van der Waals surface area (Å²) in [6.07, 6.45) is 9.10. The minimum Gasteiger partial charge on any atom is -0.348 e. The molecule has 2 fully saturated rings. The predicted molar refractivity (Wildman–Crippen MR) is 72.5 cm³/mol. The molecule has 1 N–H and O–H groups in total. The quantitative estimate of drug-likeness (QED) is 0.887. The first-order valence-electron chi connectivity index (χ1n) is 6.67. The van der Waals surface area contributed by atoms with Crippen LogP contribution in [0, 0.1) is 0 Å². The molecule has 0 bridgehead atoms. The van der Waals surface area contributed by atoms with Crippen LogP contribution >= 0.6 is 11.8 Å². The fourth-order valence-corrected chi connectivity index (χ4v) is 4.32. The van der Waals surface area contributed by atoms with Crippen LogP contribution in [-0.4, -0.2) is 44.4 Å². The van der Waals surface area contributed by atoms with Gasteiger partial charge >= 0.3 is 0 Å². The van der Waals surface area contributed by atoms with Crippen LogP contribution in [0.15, 0.2) is 12.4 Å². The number of hydrogen-bond acceptors (Lipinski definition) is 3. The molecule has 1 aromatic heterocycles. The minimum atomic E-state index is 0.210. The van der Waals surface area contributed by atoms with E-state index >= 15 is 0 Å². The number of carbonyl (C=O) groups excluding carboxylic acids is 1. The SMILES string of the molecule is O=C(Cc1ncc[nH]1)N1CCSC2(CCC2)CC1. The molecule has 1 aromatic rings. The Balaban J connectivity index is 1.57. The zero-order valence-electron chi connectivity index (χ0n) is 10.5. The zero-order chi connectivity index (χ0) is 12.4. The number of rotatable bonds is 2. The number of aromatic nitrogens is 2. The van der Waals surface area contributed by atoms with Crippen LogP contribution in [0.1, 0.15) is 31.5 Å². The molecule has 5 heteroatoms. The highest BCUT2D eigenvalue weighted by Gasteiger charge is 2.39. The maximum absolute atomic E-state index is 12.2. The topological polar surface area (TPSA) is 49.0 Å². The number of nitrogens with one attached hydrogen (secondary N) is 1. The van der Waals surface area contributed by atoms with Gasteiger partial charge in [0.15, 0.2) is 0 Å². The van der Waals surface area contributed by atoms with E-state index in [1.807, 2.05) is 4.90 Å². The molecule has 0 radical (unpaired) electrons. The van der Waals surface area contributed by atoms with Gasteiger partial charge in [0.2, 0.25) is 5.91 Å². The van der Waals surface area contributed by atoms with Crippen LogP contribution < -0.4 is 0 Å². The monoisotopic (exact) mass is 265 g/mol. The second-order valence-electron chi connectivity index (χ2n) is 5.23. The van der Waals surface area contributed by atoms with E-state index in [1.165, 1.54) is 25.7 Å². The Bertz CT molecular complexity index is 414. The number of nitrogens with zero attached hydrogens (tertiary/aromatic N) is 2. The van der Waals surface area contributed by atoms with Crippen molar-refractivity contribution in [2.75, 3.05) is 18.8 Å². The van der Waals surface area contributed by atoms with Gasteiger partial charge in [-0.05, 0) is 19.3 Å². The number of carbonyl (C=O) groups is 1. The average Bonchev–Trinajstić information content (AvgIpc) is 2.70. The Kier molecular flexibility index (Phi) is 3.33. The molecule has 1 aliphatic heterocycles. The summed E-state index contributed by atoms with van der Waals surface area (Å²) >= 11 is 2.08. The van der Waals surface area contributed by atoms with E-state index in [1.54, 1.807) is 12.4 Å². The summed E-state index contributed by atoms with van der Waals surface area (Å²) in [6.45, 7) is 1.82. The van der Waals surface area contributed by atoms with Crippen molar-refractivity contribution in [3.63, 3.8) is 0 Å². The third-order valence-corrected chi connectivity index (χ3v) is 5.71. The van der Waals surface area contributed by atoms with E-state index in [4.69, 9.17) is 0 Å². The summed E-state index contributed by atoms with van der Waals surface area (Å²) in [5, 5.41) is 0. The number of thioether (sulfide) groups is 1. The van der Waals surface area contributed by atoms with Gasteiger partial charge in [-0.25, -0.2) is 4.98 Å². The molecule has 18 heavy (non-hydrogen) atoms. The molecular weight excluding hydrogens is 246 g/mol. The van der Waals surface area contributed by atoms with Crippen molar-refractivity contribution in [1.82, 2.24) is 14.9 Å². The molecule has 1 saturated carbocycles. The summed E-state index contributed by atoms with van der Waals surface area (Å²) < 4.78 is 0.514. The molecule has 3 rings (SSSR count). The second kappa shape index (κ2) is 4.96. The van der Waals surface area contributed by atoms with Gasteiger partial charge in [0.05, 0.1) is 6.42 Å². The highest BCUT2D eigenvalue weighted by molar-refractivity contribution is 8.00. The highest BCUT2D eigenvalue weighted by Crippen LogP contribution is 2.47. The van der Waals surface area contributed by atoms with Crippen molar-refractivity contribution in [2.24, 2.45) is 0 Å². The fraction of sp³-hybridized carbons (Fsp3) is 0.692. The predicted octanol–water partition coefficient (Wildman–Crippen LogP) is 1.84. The van der Waals surface area contributed by atoms with Crippen molar-refractivity contribution in [2.45, 2.75) is 36.9 Å². The Morgan fingerprint density at radius 2 is 2.33 bits per heavy atom. The second-order valence-corrected chi connectivity index (χ2v) is 6.79. The third-order valence-electron chi connectivity index (χ3n) is 4.10. The molecule has 2 aliphatic rings. The molecule has 1 saturated heterocycles. The third kappa shape index (κ3) is 2.41.